The Kier molecular flexibility index (Phi) is 4.37. The Hall–Kier alpha value is -1.50. The number of rotatable bonds is 1. The lowest BCUT2D eigenvalue weighted by molar-refractivity contribution is 0.131. The van der Waals surface area contributed by atoms with Crippen molar-refractivity contribution in [2.24, 2.45) is 0 Å². The van der Waals surface area contributed by atoms with Crippen molar-refractivity contribution in [3.8, 4) is 11.8 Å². The van der Waals surface area contributed by atoms with Crippen LogP contribution in [0.25, 0.3) is 0 Å². The molecule has 20 heavy (non-hydrogen) atoms. The second-order valence-electron chi connectivity index (χ2n) is 5.95. The summed E-state index contributed by atoms with van der Waals surface area (Å²) in [5.41, 5.74) is 2.28. The lowest BCUT2D eigenvalue weighted by Crippen LogP contribution is -2.33. The predicted octanol–water partition coefficient (Wildman–Crippen LogP) is 2.55. The molecule has 1 aliphatic heterocycles. The first-order valence-corrected chi connectivity index (χ1v) is 7.10. The van der Waals surface area contributed by atoms with Crippen LogP contribution in [0, 0.1) is 11.8 Å². The Labute approximate surface area is 121 Å². The molecular formula is C17H23NO2. The van der Waals surface area contributed by atoms with E-state index in [1.165, 1.54) is 5.69 Å². The van der Waals surface area contributed by atoms with Gasteiger partial charge >= 0.3 is 0 Å². The molecule has 2 rings (SSSR count). The van der Waals surface area contributed by atoms with Gasteiger partial charge in [-0.05, 0) is 39.8 Å². The van der Waals surface area contributed by atoms with Crippen molar-refractivity contribution in [2.45, 2.75) is 45.9 Å². The summed E-state index contributed by atoms with van der Waals surface area (Å²) in [6, 6.07) is 6.56. The first kappa shape index (κ1) is 14.9. The van der Waals surface area contributed by atoms with Crippen molar-refractivity contribution in [3.63, 3.8) is 0 Å². The number of anilines is 1. The molecule has 0 spiro atoms. The van der Waals surface area contributed by atoms with Gasteiger partial charge in [0.15, 0.2) is 0 Å². The molecule has 0 atom stereocenters. The van der Waals surface area contributed by atoms with Gasteiger partial charge in [-0.15, -0.1) is 0 Å². The largest absolute Gasteiger partial charge is 0.378 e. The molecule has 3 nitrogen and oxygen atoms in total. The lowest BCUT2D eigenvalue weighted by Gasteiger charge is -2.28. The normalized spacial score (nSPS) is 15.4. The zero-order valence-corrected chi connectivity index (χ0v) is 12.7. The van der Waals surface area contributed by atoms with E-state index in [9.17, 15) is 5.11 Å². The first-order chi connectivity index (χ1) is 9.38. The van der Waals surface area contributed by atoms with Crippen LogP contribution < -0.4 is 4.90 Å². The number of fused-ring (bicyclic) bond motifs is 1. The summed E-state index contributed by atoms with van der Waals surface area (Å²) in [6.45, 7) is 9.96. The highest BCUT2D eigenvalue weighted by Crippen LogP contribution is 2.28. The summed E-state index contributed by atoms with van der Waals surface area (Å²) in [5.74, 6) is 5.98. The van der Waals surface area contributed by atoms with Crippen molar-refractivity contribution in [2.75, 3.05) is 18.1 Å². The van der Waals surface area contributed by atoms with E-state index in [1.807, 2.05) is 12.1 Å². The van der Waals surface area contributed by atoms with Crippen LogP contribution >= 0.6 is 0 Å². The van der Waals surface area contributed by atoms with Crippen LogP contribution in [0.3, 0.4) is 0 Å². The van der Waals surface area contributed by atoms with Crippen molar-refractivity contribution < 1.29 is 9.84 Å². The third kappa shape index (κ3) is 3.53. The van der Waals surface area contributed by atoms with Gasteiger partial charge in [0, 0.05) is 29.4 Å². The van der Waals surface area contributed by atoms with Crippen molar-refractivity contribution >= 4 is 5.69 Å². The van der Waals surface area contributed by atoms with Crippen LogP contribution in [-0.2, 0) is 11.3 Å². The zero-order valence-electron chi connectivity index (χ0n) is 12.7. The Balaban J connectivity index is 2.46. The van der Waals surface area contributed by atoms with Gasteiger partial charge in [0.1, 0.15) is 5.60 Å². The van der Waals surface area contributed by atoms with Gasteiger partial charge in [-0.1, -0.05) is 17.9 Å². The summed E-state index contributed by atoms with van der Waals surface area (Å²) < 4.78 is 5.70. The minimum atomic E-state index is -0.980. The van der Waals surface area contributed by atoms with E-state index in [4.69, 9.17) is 4.74 Å². The van der Waals surface area contributed by atoms with Gasteiger partial charge < -0.3 is 14.7 Å². The van der Waals surface area contributed by atoms with Gasteiger partial charge in [-0.25, -0.2) is 0 Å². The first-order valence-electron chi connectivity index (χ1n) is 7.10. The third-order valence-corrected chi connectivity index (χ3v) is 3.31. The van der Waals surface area contributed by atoms with E-state index < -0.39 is 5.60 Å². The fourth-order valence-corrected chi connectivity index (χ4v) is 2.33. The van der Waals surface area contributed by atoms with E-state index in [0.29, 0.717) is 12.6 Å². The standard InChI is InChI=1S/C17H23NO2/c1-13(2)18-10-11-20-12-15-14(6-5-7-16(15)18)8-9-17(3,4)19/h5-7,13,19H,10-12H2,1-4H3. The van der Waals surface area contributed by atoms with Crippen LogP contribution in [0.2, 0.25) is 0 Å². The van der Waals surface area contributed by atoms with E-state index >= 15 is 0 Å². The molecule has 0 saturated carbocycles. The molecule has 1 aromatic rings. The second kappa shape index (κ2) is 5.87. The summed E-state index contributed by atoms with van der Waals surface area (Å²) in [7, 11) is 0. The SMILES string of the molecule is CC(C)N1CCOCc2c(C#CC(C)(C)O)cccc21. The van der Waals surface area contributed by atoms with Gasteiger partial charge in [0.2, 0.25) is 0 Å². The minimum Gasteiger partial charge on any atom is -0.378 e. The Morgan fingerprint density at radius 3 is 2.75 bits per heavy atom. The second-order valence-corrected chi connectivity index (χ2v) is 5.95. The Bertz CT molecular complexity index is 532. The maximum atomic E-state index is 9.76. The highest BCUT2D eigenvalue weighted by molar-refractivity contribution is 5.61. The van der Waals surface area contributed by atoms with Gasteiger partial charge in [0.05, 0.1) is 13.2 Å². The van der Waals surface area contributed by atoms with Crippen LogP contribution in [0.4, 0.5) is 5.69 Å². The lowest BCUT2D eigenvalue weighted by atomic mass is 10.0. The molecule has 3 heteroatoms. The highest BCUT2D eigenvalue weighted by atomic mass is 16.5. The maximum absolute atomic E-state index is 9.76. The fraction of sp³-hybridized carbons (Fsp3) is 0.529. The molecule has 0 unspecified atom stereocenters. The Morgan fingerprint density at radius 2 is 2.10 bits per heavy atom. The molecule has 0 aromatic heterocycles. The van der Waals surface area contributed by atoms with E-state index in [0.717, 1.165) is 24.3 Å². The van der Waals surface area contributed by atoms with Crippen LogP contribution in [0.1, 0.15) is 38.8 Å². The third-order valence-electron chi connectivity index (χ3n) is 3.31. The molecule has 0 amide bonds. The smallest absolute Gasteiger partial charge is 0.120 e. The number of ether oxygens (including phenoxy) is 1. The summed E-state index contributed by atoms with van der Waals surface area (Å²) >= 11 is 0. The molecule has 0 aliphatic carbocycles. The monoisotopic (exact) mass is 273 g/mol. The van der Waals surface area contributed by atoms with Crippen LogP contribution in [0.5, 0.6) is 0 Å². The maximum Gasteiger partial charge on any atom is 0.120 e. The van der Waals surface area contributed by atoms with E-state index in [2.05, 4.69) is 36.7 Å². The van der Waals surface area contributed by atoms with Gasteiger partial charge in [-0.2, -0.15) is 0 Å². The zero-order chi connectivity index (χ0) is 14.8. The summed E-state index contributed by atoms with van der Waals surface area (Å²) in [6.07, 6.45) is 0. The number of benzene rings is 1. The van der Waals surface area contributed by atoms with Gasteiger partial charge in [0.25, 0.3) is 0 Å². The molecule has 0 bridgehead atoms. The number of hydrogen-bond acceptors (Lipinski definition) is 3. The number of aliphatic hydroxyl groups is 1. The molecule has 108 valence electrons. The molecule has 1 aliphatic rings. The molecule has 0 radical (unpaired) electrons. The summed E-state index contributed by atoms with van der Waals surface area (Å²) in [4.78, 5) is 2.34. The predicted molar refractivity (Wildman–Crippen MR) is 81.8 cm³/mol. The average Bonchev–Trinajstić information content (AvgIpc) is 2.57. The van der Waals surface area contributed by atoms with Crippen molar-refractivity contribution in [1.29, 1.82) is 0 Å². The Morgan fingerprint density at radius 1 is 1.35 bits per heavy atom. The molecule has 1 aromatic carbocycles. The average molecular weight is 273 g/mol. The van der Waals surface area contributed by atoms with Crippen LogP contribution in [0.15, 0.2) is 18.2 Å². The van der Waals surface area contributed by atoms with E-state index in [1.54, 1.807) is 13.8 Å². The minimum absolute atomic E-state index is 0.424. The number of nitrogens with zero attached hydrogens (tertiary/aromatic N) is 1. The molecule has 1 heterocycles. The number of hydrogen-bond donors (Lipinski definition) is 1. The molecule has 1 N–H and O–H groups in total. The van der Waals surface area contributed by atoms with Crippen molar-refractivity contribution in [3.05, 3.63) is 29.3 Å². The molecule has 0 saturated heterocycles. The van der Waals surface area contributed by atoms with E-state index in [-0.39, 0.29) is 0 Å². The highest BCUT2D eigenvalue weighted by Gasteiger charge is 2.19. The molecule has 0 fully saturated rings. The topological polar surface area (TPSA) is 32.7 Å². The quantitative estimate of drug-likeness (QED) is 0.798. The fourth-order valence-electron chi connectivity index (χ4n) is 2.33. The van der Waals surface area contributed by atoms with Crippen molar-refractivity contribution in [1.82, 2.24) is 0 Å². The summed E-state index contributed by atoms with van der Waals surface area (Å²) in [5, 5.41) is 9.76. The van der Waals surface area contributed by atoms with Gasteiger partial charge in [-0.3, -0.25) is 0 Å². The van der Waals surface area contributed by atoms with Crippen LogP contribution in [-0.4, -0.2) is 29.9 Å². The molecular weight excluding hydrogens is 250 g/mol.